The molecule has 5 heteroatoms. The van der Waals surface area contributed by atoms with Gasteiger partial charge in [0.15, 0.2) is 6.61 Å². The third kappa shape index (κ3) is 4.08. The fourth-order valence-electron chi connectivity index (χ4n) is 1.37. The zero-order valence-electron chi connectivity index (χ0n) is 10.7. The second kappa shape index (κ2) is 6.64. The van der Waals surface area contributed by atoms with Gasteiger partial charge >= 0.3 is 5.97 Å². The van der Waals surface area contributed by atoms with Crippen molar-refractivity contribution in [3.63, 3.8) is 0 Å². The number of anilines is 1. The molecule has 18 heavy (non-hydrogen) atoms. The maximum absolute atomic E-state index is 11.7. The minimum absolute atomic E-state index is 0.286. The van der Waals surface area contributed by atoms with Gasteiger partial charge in [-0.25, -0.2) is 4.79 Å². The lowest BCUT2D eigenvalue weighted by atomic mass is 10.1. The van der Waals surface area contributed by atoms with Gasteiger partial charge in [0, 0.05) is 12.2 Å². The summed E-state index contributed by atoms with van der Waals surface area (Å²) in [4.78, 5) is 23.0. The van der Waals surface area contributed by atoms with Crippen LogP contribution in [0.2, 0.25) is 0 Å². The van der Waals surface area contributed by atoms with Gasteiger partial charge in [-0.2, -0.15) is 0 Å². The second-order valence-corrected chi connectivity index (χ2v) is 4.02. The van der Waals surface area contributed by atoms with Crippen LogP contribution in [0.4, 0.5) is 5.69 Å². The highest BCUT2D eigenvalue weighted by molar-refractivity contribution is 5.96. The average molecular weight is 250 g/mol. The molecule has 0 unspecified atom stereocenters. The lowest BCUT2D eigenvalue weighted by Gasteiger charge is -2.08. The summed E-state index contributed by atoms with van der Waals surface area (Å²) in [5.74, 6) is -0.890. The first-order valence-electron chi connectivity index (χ1n) is 5.84. The van der Waals surface area contributed by atoms with Gasteiger partial charge in [-0.1, -0.05) is 18.6 Å². The van der Waals surface area contributed by atoms with Crippen LogP contribution < -0.4 is 11.1 Å². The van der Waals surface area contributed by atoms with Crippen molar-refractivity contribution in [2.75, 3.05) is 18.9 Å². The van der Waals surface area contributed by atoms with Crippen molar-refractivity contribution in [1.29, 1.82) is 0 Å². The van der Waals surface area contributed by atoms with Crippen LogP contribution in [0.15, 0.2) is 18.2 Å². The zero-order chi connectivity index (χ0) is 13.5. The largest absolute Gasteiger partial charge is 0.452 e. The van der Waals surface area contributed by atoms with E-state index in [-0.39, 0.29) is 12.5 Å². The van der Waals surface area contributed by atoms with Crippen molar-refractivity contribution in [3.05, 3.63) is 29.3 Å². The number of esters is 1. The molecule has 1 aromatic rings. The Kier molecular flexibility index (Phi) is 5.17. The molecule has 0 aliphatic rings. The van der Waals surface area contributed by atoms with Gasteiger partial charge < -0.3 is 15.8 Å². The number of nitrogen functional groups attached to an aromatic ring is 1. The minimum Gasteiger partial charge on any atom is -0.452 e. The Morgan fingerprint density at radius 3 is 2.78 bits per heavy atom. The molecule has 0 aliphatic heterocycles. The molecule has 1 aromatic carbocycles. The molecule has 0 bridgehead atoms. The van der Waals surface area contributed by atoms with Gasteiger partial charge in [0.2, 0.25) is 0 Å². The molecule has 0 heterocycles. The van der Waals surface area contributed by atoms with Crippen LogP contribution in [-0.2, 0) is 9.53 Å². The van der Waals surface area contributed by atoms with Crippen LogP contribution in [0.3, 0.4) is 0 Å². The fourth-order valence-corrected chi connectivity index (χ4v) is 1.37. The molecule has 0 atom stereocenters. The molecule has 0 saturated heterocycles. The molecule has 0 aromatic heterocycles. The Bertz CT molecular complexity index is 444. The summed E-state index contributed by atoms with van der Waals surface area (Å²) in [6, 6.07) is 5.09. The van der Waals surface area contributed by atoms with Crippen LogP contribution in [0.25, 0.3) is 0 Å². The third-order valence-electron chi connectivity index (χ3n) is 2.34. The average Bonchev–Trinajstić information content (AvgIpc) is 2.36. The first-order valence-corrected chi connectivity index (χ1v) is 5.84. The number of benzene rings is 1. The number of hydrogen-bond acceptors (Lipinski definition) is 4. The van der Waals surface area contributed by atoms with Crippen molar-refractivity contribution >= 4 is 17.6 Å². The van der Waals surface area contributed by atoms with E-state index in [1.54, 1.807) is 18.2 Å². The first kappa shape index (κ1) is 14.0. The van der Waals surface area contributed by atoms with E-state index < -0.39 is 5.97 Å². The molecule has 3 N–H and O–H groups in total. The van der Waals surface area contributed by atoms with E-state index in [0.717, 1.165) is 12.0 Å². The predicted molar refractivity (Wildman–Crippen MR) is 69.2 cm³/mol. The molecule has 0 fully saturated rings. The summed E-state index contributed by atoms with van der Waals surface area (Å²) in [5, 5.41) is 2.62. The highest BCUT2D eigenvalue weighted by Gasteiger charge is 2.13. The summed E-state index contributed by atoms with van der Waals surface area (Å²) in [6.07, 6.45) is 0.838. The van der Waals surface area contributed by atoms with E-state index in [2.05, 4.69) is 5.32 Å². The van der Waals surface area contributed by atoms with Gasteiger partial charge in [0.05, 0.1) is 5.56 Å². The lowest BCUT2D eigenvalue weighted by molar-refractivity contribution is -0.124. The molecule has 0 saturated carbocycles. The van der Waals surface area contributed by atoms with E-state index in [0.29, 0.717) is 17.8 Å². The standard InChI is InChI=1S/C13H18N2O3/c1-3-6-15-12(16)8-18-13(17)10-7-9(2)4-5-11(10)14/h4-5,7H,3,6,8,14H2,1-2H3,(H,15,16). The number of ether oxygens (including phenoxy) is 1. The van der Waals surface area contributed by atoms with Gasteiger partial charge in [0.1, 0.15) is 0 Å². The highest BCUT2D eigenvalue weighted by atomic mass is 16.5. The number of carbonyl (C=O) groups excluding carboxylic acids is 2. The topological polar surface area (TPSA) is 81.4 Å². The number of carbonyl (C=O) groups is 2. The fraction of sp³-hybridized carbons (Fsp3) is 0.385. The highest BCUT2D eigenvalue weighted by Crippen LogP contribution is 2.14. The summed E-state index contributed by atoms with van der Waals surface area (Å²) in [6.45, 7) is 4.08. The lowest BCUT2D eigenvalue weighted by Crippen LogP contribution is -2.29. The smallest absolute Gasteiger partial charge is 0.340 e. The van der Waals surface area contributed by atoms with Crippen LogP contribution in [0, 0.1) is 6.92 Å². The van der Waals surface area contributed by atoms with Crippen molar-refractivity contribution < 1.29 is 14.3 Å². The molecule has 0 spiro atoms. The van der Waals surface area contributed by atoms with Crippen LogP contribution in [0.1, 0.15) is 29.3 Å². The molecule has 0 radical (unpaired) electrons. The first-order chi connectivity index (χ1) is 8.54. The van der Waals surface area contributed by atoms with Crippen LogP contribution in [-0.4, -0.2) is 25.0 Å². The van der Waals surface area contributed by atoms with E-state index in [1.165, 1.54) is 0 Å². The monoisotopic (exact) mass is 250 g/mol. The van der Waals surface area contributed by atoms with Crippen molar-refractivity contribution in [1.82, 2.24) is 5.32 Å². The van der Waals surface area contributed by atoms with E-state index in [4.69, 9.17) is 10.5 Å². The van der Waals surface area contributed by atoms with E-state index in [9.17, 15) is 9.59 Å². The Morgan fingerprint density at radius 1 is 1.39 bits per heavy atom. The second-order valence-electron chi connectivity index (χ2n) is 4.02. The van der Waals surface area contributed by atoms with Gasteiger partial charge in [-0.15, -0.1) is 0 Å². The summed E-state index contributed by atoms with van der Waals surface area (Å²) < 4.78 is 4.89. The maximum Gasteiger partial charge on any atom is 0.340 e. The van der Waals surface area contributed by atoms with Gasteiger partial charge in [-0.3, -0.25) is 4.79 Å². The number of nitrogens with one attached hydrogen (secondary N) is 1. The Labute approximate surface area is 106 Å². The number of amides is 1. The van der Waals surface area contributed by atoms with Crippen LogP contribution in [0.5, 0.6) is 0 Å². The third-order valence-corrected chi connectivity index (χ3v) is 2.34. The molecule has 0 aliphatic carbocycles. The van der Waals surface area contributed by atoms with Crippen molar-refractivity contribution in [2.45, 2.75) is 20.3 Å². The Morgan fingerprint density at radius 2 is 2.11 bits per heavy atom. The molecular formula is C13H18N2O3. The number of hydrogen-bond donors (Lipinski definition) is 2. The molecule has 1 rings (SSSR count). The number of aryl methyl sites for hydroxylation is 1. The summed E-state index contributed by atoms with van der Waals surface area (Å²) >= 11 is 0. The summed E-state index contributed by atoms with van der Waals surface area (Å²) in [5.41, 5.74) is 7.22. The van der Waals surface area contributed by atoms with Crippen LogP contribution >= 0.6 is 0 Å². The molecule has 98 valence electrons. The van der Waals surface area contributed by atoms with E-state index >= 15 is 0 Å². The Balaban J connectivity index is 2.55. The number of rotatable bonds is 5. The van der Waals surface area contributed by atoms with Gasteiger partial charge in [0.25, 0.3) is 5.91 Å². The van der Waals surface area contributed by atoms with Gasteiger partial charge in [-0.05, 0) is 25.5 Å². The maximum atomic E-state index is 11.7. The normalized spacial score (nSPS) is 9.89. The quantitative estimate of drug-likeness (QED) is 0.609. The summed E-state index contributed by atoms with van der Waals surface area (Å²) in [7, 11) is 0. The molecule has 5 nitrogen and oxygen atoms in total. The van der Waals surface area contributed by atoms with Crippen molar-refractivity contribution in [3.8, 4) is 0 Å². The molecule has 1 amide bonds. The number of nitrogens with two attached hydrogens (primary N) is 1. The SMILES string of the molecule is CCCNC(=O)COC(=O)c1cc(C)ccc1N. The predicted octanol–water partition coefficient (Wildman–Crippen LogP) is 1.26. The zero-order valence-corrected chi connectivity index (χ0v) is 10.7. The molecular weight excluding hydrogens is 232 g/mol. The Hall–Kier alpha value is -2.04. The van der Waals surface area contributed by atoms with Crippen molar-refractivity contribution in [2.24, 2.45) is 0 Å². The van der Waals surface area contributed by atoms with E-state index in [1.807, 2.05) is 13.8 Å². The minimum atomic E-state index is -0.581.